The zero-order chi connectivity index (χ0) is 17.6. The molecule has 5 heteroatoms. The lowest BCUT2D eigenvalue weighted by atomic mass is 9.84. The molecule has 1 aliphatic rings. The van der Waals surface area contributed by atoms with E-state index in [4.69, 9.17) is 4.74 Å². The van der Waals surface area contributed by atoms with Crippen molar-refractivity contribution >= 4 is 16.7 Å². The maximum atomic E-state index is 13.0. The van der Waals surface area contributed by atoms with Gasteiger partial charge in [0, 0.05) is 16.9 Å². The highest BCUT2D eigenvalue weighted by Crippen LogP contribution is 2.43. The van der Waals surface area contributed by atoms with Gasteiger partial charge in [0.05, 0.1) is 12.0 Å². The van der Waals surface area contributed by atoms with Gasteiger partial charge in [0.15, 0.2) is 0 Å². The zero-order valence-electron chi connectivity index (χ0n) is 13.0. The van der Waals surface area contributed by atoms with Gasteiger partial charge in [-0.3, -0.25) is 4.79 Å². The summed E-state index contributed by atoms with van der Waals surface area (Å²) in [4.78, 5) is 12.1. The molecule has 1 unspecified atom stereocenters. The van der Waals surface area contributed by atoms with Gasteiger partial charge in [0.25, 0.3) is 0 Å². The number of esters is 1. The number of carbonyl (C=O) groups is 1. The quantitative estimate of drug-likeness (QED) is 0.443. The Hall–Kier alpha value is -2.82. The van der Waals surface area contributed by atoms with Crippen molar-refractivity contribution in [1.29, 1.82) is 0 Å². The predicted octanol–water partition coefficient (Wildman–Crippen LogP) is 5.30. The minimum absolute atomic E-state index is 0.0205. The van der Waals surface area contributed by atoms with Crippen LogP contribution < -0.4 is 4.74 Å². The predicted molar refractivity (Wildman–Crippen MR) is 87.5 cm³/mol. The van der Waals surface area contributed by atoms with Crippen LogP contribution in [-0.4, -0.2) is 5.97 Å². The van der Waals surface area contributed by atoms with Crippen LogP contribution in [0.5, 0.6) is 5.75 Å². The van der Waals surface area contributed by atoms with Gasteiger partial charge >= 0.3 is 12.1 Å². The van der Waals surface area contributed by atoms with Crippen molar-refractivity contribution < 1.29 is 22.7 Å². The van der Waals surface area contributed by atoms with Crippen molar-refractivity contribution in [3.8, 4) is 5.75 Å². The Morgan fingerprint density at radius 1 is 0.960 bits per heavy atom. The number of hydrogen-bond acceptors (Lipinski definition) is 2. The highest BCUT2D eigenvalue weighted by Gasteiger charge is 2.33. The third-order valence-corrected chi connectivity index (χ3v) is 4.49. The van der Waals surface area contributed by atoms with Crippen LogP contribution >= 0.6 is 0 Å². The first-order valence-corrected chi connectivity index (χ1v) is 7.83. The molecule has 0 N–H and O–H groups in total. The van der Waals surface area contributed by atoms with Crippen LogP contribution in [0.4, 0.5) is 13.2 Å². The van der Waals surface area contributed by atoms with Gasteiger partial charge < -0.3 is 4.74 Å². The van der Waals surface area contributed by atoms with Crippen LogP contribution in [0, 0.1) is 0 Å². The largest absolute Gasteiger partial charge is 0.426 e. The van der Waals surface area contributed by atoms with E-state index in [1.54, 1.807) is 6.07 Å². The second-order valence-corrected chi connectivity index (χ2v) is 6.06. The van der Waals surface area contributed by atoms with E-state index in [0.717, 1.165) is 28.5 Å². The van der Waals surface area contributed by atoms with E-state index in [0.29, 0.717) is 11.3 Å². The summed E-state index contributed by atoms with van der Waals surface area (Å²) >= 11 is 0. The van der Waals surface area contributed by atoms with Crippen molar-refractivity contribution in [3.63, 3.8) is 0 Å². The highest BCUT2D eigenvalue weighted by molar-refractivity contribution is 5.93. The van der Waals surface area contributed by atoms with Gasteiger partial charge in [0.1, 0.15) is 5.75 Å². The van der Waals surface area contributed by atoms with Crippen molar-refractivity contribution in [2.24, 2.45) is 0 Å². The first-order chi connectivity index (χ1) is 11.9. The van der Waals surface area contributed by atoms with E-state index in [1.807, 2.05) is 36.4 Å². The van der Waals surface area contributed by atoms with E-state index in [9.17, 15) is 18.0 Å². The zero-order valence-corrected chi connectivity index (χ0v) is 13.0. The molecule has 1 heterocycles. The van der Waals surface area contributed by atoms with Crippen molar-refractivity contribution in [2.75, 3.05) is 0 Å². The lowest BCUT2D eigenvalue weighted by Crippen LogP contribution is -2.21. The third-order valence-electron chi connectivity index (χ3n) is 4.49. The van der Waals surface area contributed by atoms with Crippen molar-refractivity contribution in [1.82, 2.24) is 0 Å². The number of fused-ring (bicyclic) bond motifs is 3. The molecular formula is C20H13F3O2. The van der Waals surface area contributed by atoms with Crippen LogP contribution in [-0.2, 0) is 11.0 Å². The SMILES string of the molecule is O=C1CC(c2cccc(C(F)(F)F)c2)c2ccc3ccccc3c2O1. The van der Waals surface area contributed by atoms with Gasteiger partial charge in [-0.25, -0.2) is 0 Å². The van der Waals surface area contributed by atoms with Gasteiger partial charge in [-0.2, -0.15) is 13.2 Å². The number of halogens is 3. The summed E-state index contributed by atoms with van der Waals surface area (Å²) in [5.41, 5.74) is 0.479. The van der Waals surface area contributed by atoms with Crippen LogP contribution in [0.25, 0.3) is 10.8 Å². The van der Waals surface area contributed by atoms with Crippen molar-refractivity contribution in [2.45, 2.75) is 18.5 Å². The Labute approximate surface area is 141 Å². The maximum Gasteiger partial charge on any atom is 0.416 e. The van der Waals surface area contributed by atoms with Crippen LogP contribution in [0.3, 0.4) is 0 Å². The van der Waals surface area contributed by atoms with Gasteiger partial charge in [-0.15, -0.1) is 0 Å². The Morgan fingerprint density at radius 3 is 2.56 bits per heavy atom. The lowest BCUT2D eigenvalue weighted by Gasteiger charge is -2.26. The number of hydrogen-bond donors (Lipinski definition) is 0. The van der Waals surface area contributed by atoms with Crippen LogP contribution in [0.1, 0.15) is 29.0 Å². The molecule has 0 bridgehead atoms. The van der Waals surface area contributed by atoms with Gasteiger partial charge in [-0.1, -0.05) is 54.6 Å². The van der Waals surface area contributed by atoms with E-state index < -0.39 is 23.6 Å². The van der Waals surface area contributed by atoms with E-state index in [-0.39, 0.29) is 6.42 Å². The number of ether oxygens (including phenoxy) is 1. The van der Waals surface area contributed by atoms with Crippen molar-refractivity contribution in [3.05, 3.63) is 77.4 Å². The topological polar surface area (TPSA) is 26.3 Å². The maximum absolute atomic E-state index is 13.0. The average molecular weight is 342 g/mol. The molecule has 0 fully saturated rings. The Balaban J connectivity index is 1.88. The number of benzene rings is 3. The monoisotopic (exact) mass is 342 g/mol. The fourth-order valence-electron chi connectivity index (χ4n) is 3.31. The molecule has 0 aromatic heterocycles. The molecule has 3 aromatic carbocycles. The fraction of sp³-hybridized carbons (Fsp3) is 0.150. The molecule has 3 aromatic rings. The van der Waals surface area contributed by atoms with Crippen LogP contribution in [0.15, 0.2) is 60.7 Å². The fourth-order valence-corrected chi connectivity index (χ4v) is 3.31. The van der Waals surface area contributed by atoms with Crippen LogP contribution in [0.2, 0.25) is 0 Å². The van der Waals surface area contributed by atoms with Gasteiger partial charge in [0.2, 0.25) is 0 Å². The molecular weight excluding hydrogens is 329 g/mol. The summed E-state index contributed by atoms with van der Waals surface area (Å²) in [6, 6.07) is 16.3. The standard InChI is InChI=1S/C20H13F3O2/c21-20(22,23)14-6-3-5-13(10-14)17-11-18(24)25-19-15-7-2-1-4-12(15)8-9-16(17)19/h1-10,17H,11H2. The molecule has 0 aliphatic carbocycles. The summed E-state index contributed by atoms with van der Waals surface area (Å²) in [7, 11) is 0. The minimum atomic E-state index is -4.42. The first kappa shape index (κ1) is 15.7. The third kappa shape index (κ3) is 2.76. The molecule has 0 saturated heterocycles. The number of carbonyl (C=O) groups excluding carboxylic acids is 1. The number of alkyl halides is 3. The molecule has 0 saturated carbocycles. The normalized spacial score (nSPS) is 17.2. The lowest BCUT2D eigenvalue weighted by molar-refractivity contribution is -0.137. The summed E-state index contributed by atoms with van der Waals surface area (Å²) in [5.74, 6) is -0.453. The second kappa shape index (κ2) is 5.62. The van der Waals surface area contributed by atoms with E-state index in [1.165, 1.54) is 6.07 Å². The number of rotatable bonds is 1. The summed E-state index contributed by atoms with van der Waals surface area (Å²) in [6.07, 6.45) is -4.40. The highest BCUT2D eigenvalue weighted by atomic mass is 19.4. The van der Waals surface area contributed by atoms with E-state index >= 15 is 0 Å². The molecule has 0 spiro atoms. The molecule has 1 atom stereocenters. The first-order valence-electron chi connectivity index (χ1n) is 7.83. The average Bonchev–Trinajstić information content (AvgIpc) is 2.60. The molecule has 2 nitrogen and oxygen atoms in total. The molecule has 126 valence electrons. The smallest absolute Gasteiger partial charge is 0.416 e. The molecule has 4 rings (SSSR count). The minimum Gasteiger partial charge on any atom is -0.426 e. The molecule has 1 aliphatic heterocycles. The summed E-state index contributed by atoms with van der Waals surface area (Å²) in [5, 5.41) is 1.70. The Kier molecular flexibility index (Phi) is 3.53. The molecule has 25 heavy (non-hydrogen) atoms. The Morgan fingerprint density at radius 2 is 1.76 bits per heavy atom. The summed E-state index contributed by atoms with van der Waals surface area (Å²) in [6.45, 7) is 0. The Bertz CT molecular complexity index is 976. The van der Waals surface area contributed by atoms with E-state index in [2.05, 4.69) is 0 Å². The summed E-state index contributed by atoms with van der Waals surface area (Å²) < 4.78 is 44.5. The second-order valence-electron chi connectivity index (χ2n) is 6.06. The molecule has 0 radical (unpaired) electrons. The van der Waals surface area contributed by atoms with Gasteiger partial charge in [-0.05, 0) is 17.0 Å². The molecule has 0 amide bonds.